The van der Waals surface area contributed by atoms with Crippen molar-refractivity contribution in [3.8, 4) is 50.3 Å². The fourth-order valence-electron chi connectivity index (χ4n) is 8.35. The van der Waals surface area contributed by atoms with Gasteiger partial charge in [0.25, 0.3) is 0 Å². The van der Waals surface area contributed by atoms with Crippen molar-refractivity contribution >= 4 is 0 Å². The van der Waals surface area contributed by atoms with Crippen LogP contribution in [0.2, 0.25) is 0 Å². The van der Waals surface area contributed by atoms with E-state index < -0.39 is 5.41 Å². The molecule has 44 heavy (non-hydrogen) atoms. The Kier molecular flexibility index (Phi) is 6.13. The Morgan fingerprint density at radius 2 is 0.955 bits per heavy atom. The summed E-state index contributed by atoms with van der Waals surface area (Å²) in [5.41, 5.74) is 20.0. The van der Waals surface area contributed by atoms with Gasteiger partial charge in [-0.15, -0.1) is 0 Å². The van der Waals surface area contributed by atoms with E-state index in [1.54, 1.807) is 7.11 Å². The van der Waals surface area contributed by atoms with Gasteiger partial charge in [-0.2, -0.15) is 0 Å². The molecule has 0 aromatic heterocycles. The molecule has 2 aliphatic rings. The molecular formula is C43H36O. The first kappa shape index (κ1) is 26.7. The van der Waals surface area contributed by atoms with Gasteiger partial charge in [0.2, 0.25) is 0 Å². The van der Waals surface area contributed by atoms with Crippen molar-refractivity contribution in [3.63, 3.8) is 0 Å². The van der Waals surface area contributed by atoms with Crippen molar-refractivity contribution in [1.29, 1.82) is 0 Å². The van der Waals surface area contributed by atoms with Crippen LogP contribution in [0.4, 0.5) is 0 Å². The number of hydrogen-bond donors (Lipinski definition) is 0. The molecule has 0 amide bonds. The molecule has 1 heteroatoms. The lowest BCUT2D eigenvalue weighted by Crippen LogP contribution is -2.27. The number of benzene rings is 6. The van der Waals surface area contributed by atoms with Gasteiger partial charge in [0.05, 0.1) is 12.5 Å². The number of hydrogen-bond acceptors (Lipinski definition) is 1. The molecule has 6 aromatic carbocycles. The molecule has 0 unspecified atom stereocenters. The van der Waals surface area contributed by atoms with E-state index in [4.69, 9.17) is 4.74 Å². The van der Waals surface area contributed by atoms with Crippen LogP contribution in [0.5, 0.6) is 5.75 Å². The summed E-state index contributed by atoms with van der Waals surface area (Å²) in [6.07, 6.45) is 1.91. The maximum atomic E-state index is 5.60. The van der Waals surface area contributed by atoms with E-state index in [0.29, 0.717) is 0 Å². The molecule has 0 atom stereocenters. The van der Waals surface area contributed by atoms with Crippen LogP contribution in [-0.4, -0.2) is 7.11 Å². The molecule has 0 saturated heterocycles. The molecule has 2 aliphatic carbocycles. The average Bonchev–Trinajstić information content (AvgIpc) is 3.55. The molecule has 214 valence electrons. The molecule has 0 radical (unpaired) electrons. The fraction of sp³-hybridized carbons (Fsp3) is 0.163. The summed E-state index contributed by atoms with van der Waals surface area (Å²) in [4.78, 5) is 0. The summed E-state index contributed by atoms with van der Waals surface area (Å²) in [5.74, 6) is 0.881. The van der Waals surface area contributed by atoms with Crippen LogP contribution in [0.25, 0.3) is 44.5 Å². The van der Waals surface area contributed by atoms with Crippen LogP contribution in [-0.2, 0) is 18.3 Å². The van der Waals surface area contributed by atoms with Gasteiger partial charge < -0.3 is 4.74 Å². The van der Waals surface area contributed by atoms with E-state index in [-0.39, 0.29) is 0 Å². The van der Waals surface area contributed by atoms with Crippen molar-refractivity contribution < 1.29 is 4.74 Å². The van der Waals surface area contributed by atoms with E-state index in [1.807, 2.05) is 0 Å². The van der Waals surface area contributed by atoms with Crippen LogP contribution in [0.15, 0.2) is 121 Å². The molecule has 6 aromatic rings. The molecule has 0 heterocycles. The molecule has 1 spiro atoms. The van der Waals surface area contributed by atoms with Crippen LogP contribution < -0.4 is 4.74 Å². The average molecular weight is 569 g/mol. The first-order valence-electron chi connectivity index (χ1n) is 15.9. The minimum atomic E-state index is -0.420. The first-order chi connectivity index (χ1) is 21.6. The third-order valence-corrected chi connectivity index (χ3v) is 10.1. The highest BCUT2D eigenvalue weighted by Crippen LogP contribution is 2.66. The highest BCUT2D eigenvalue weighted by atomic mass is 16.5. The molecule has 0 N–H and O–H groups in total. The summed E-state index contributed by atoms with van der Waals surface area (Å²) in [6, 6.07) is 45.4. The van der Waals surface area contributed by atoms with Crippen LogP contribution in [0, 0.1) is 6.92 Å². The molecule has 0 aliphatic heterocycles. The smallest absolute Gasteiger partial charge is 0.118 e. The predicted molar refractivity (Wildman–Crippen MR) is 184 cm³/mol. The van der Waals surface area contributed by atoms with Crippen molar-refractivity contribution in [1.82, 2.24) is 0 Å². The summed E-state index contributed by atoms with van der Waals surface area (Å²) >= 11 is 0. The van der Waals surface area contributed by atoms with Gasteiger partial charge in [0.15, 0.2) is 0 Å². The number of methoxy groups -OCH3 is 1. The van der Waals surface area contributed by atoms with E-state index in [0.717, 1.165) is 18.6 Å². The normalized spacial score (nSPS) is 13.4. The standard InChI is InChI=1S/C43H36O/c1-5-31-32(6-2)40(29-21-19-27(3)20-22-29)42-41(39(31)28-23-25-30(44-4)26-24-28)35-15-9-12-18-38(35)43(42)36-16-10-7-13-33(36)34-14-8-11-17-37(34)43/h7-26H,5-6H2,1-4H3. The third-order valence-electron chi connectivity index (χ3n) is 10.1. The zero-order valence-electron chi connectivity index (χ0n) is 25.9. The Bertz CT molecular complexity index is 2020. The van der Waals surface area contributed by atoms with Gasteiger partial charge in [-0.1, -0.05) is 129 Å². The summed E-state index contributed by atoms with van der Waals surface area (Å²) in [5, 5.41) is 0. The van der Waals surface area contributed by atoms with Crippen LogP contribution in [0.3, 0.4) is 0 Å². The molecule has 0 saturated carbocycles. The molecule has 0 bridgehead atoms. The number of fused-ring (bicyclic) bond motifs is 10. The van der Waals surface area contributed by atoms with E-state index in [1.165, 1.54) is 83.5 Å². The zero-order chi connectivity index (χ0) is 30.0. The van der Waals surface area contributed by atoms with Gasteiger partial charge >= 0.3 is 0 Å². The number of ether oxygens (including phenoxy) is 1. The lowest BCUT2D eigenvalue weighted by Gasteiger charge is -2.34. The van der Waals surface area contributed by atoms with Crippen LogP contribution in [0.1, 0.15) is 52.8 Å². The largest absolute Gasteiger partial charge is 0.497 e. The number of rotatable bonds is 5. The minimum absolute atomic E-state index is 0.420. The van der Waals surface area contributed by atoms with Crippen LogP contribution >= 0.6 is 0 Å². The molecule has 1 nitrogen and oxygen atoms in total. The quantitative estimate of drug-likeness (QED) is 0.201. The van der Waals surface area contributed by atoms with Crippen molar-refractivity contribution in [2.24, 2.45) is 0 Å². The van der Waals surface area contributed by atoms with Gasteiger partial charge in [-0.25, -0.2) is 0 Å². The van der Waals surface area contributed by atoms with E-state index >= 15 is 0 Å². The Morgan fingerprint density at radius 3 is 1.50 bits per heavy atom. The van der Waals surface area contributed by atoms with Gasteiger partial charge in [0.1, 0.15) is 5.75 Å². The highest BCUT2D eigenvalue weighted by molar-refractivity contribution is 6.05. The van der Waals surface area contributed by atoms with Gasteiger partial charge in [0, 0.05) is 0 Å². The second kappa shape index (κ2) is 10.1. The monoisotopic (exact) mass is 568 g/mol. The van der Waals surface area contributed by atoms with Gasteiger partial charge in [-0.05, 0) is 110 Å². The second-order valence-electron chi connectivity index (χ2n) is 12.1. The zero-order valence-corrected chi connectivity index (χ0v) is 25.9. The SMILES string of the molecule is CCc1c(CC)c(-c2ccc(C)cc2)c2c(c1-c1ccc(OC)cc1)-c1ccccc1C21c2ccccc2-c2ccccc21. The summed E-state index contributed by atoms with van der Waals surface area (Å²) in [7, 11) is 1.74. The highest BCUT2D eigenvalue weighted by Gasteiger charge is 2.54. The Balaban J connectivity index is 1.65. The minimum Gasteiger partial charge on any atom is -0.497 e. The van der Waals surface area contributed by atoms with Crippen molar-refractivity contribution in [2.75, 3.05) is 7.11 Å². The predicted octanol–water partition coefficient (Wildman–Crippen LogP) is 10.8. The third kappa shape index (κ3) is 3.47. The number of aryl methyl sites for hydroxylation is 1. The maximum absolute atomic E-state index is 5.60. The lowest BCUT2D eigenvalue weighted by molar-refractivity contribution is 0.415. The first-order valence-corrected chi connectivity index (χ1v) is 15.9. The maximum Gasteiger partial charge on any atom is 0.118 e. The molecule has 8 rings (SSSR count). The fourth-order valence-corrected chi connectivity index (χ4v) is 8.35. The topological polar surface area (TPSA) is 9.23 Å². The Morgan fingerprint density at radius 1 is 0.500 bits per heavy atom. The van der Waals surface area contributed by atoms with E-state index in [9.17, 15) is 0 Å². The van der Waals surface area contributed by atoms with Crippen molar-refractivity contribution in [3.05, 3.63) is 160 Å². The van der Waals surface area contributed by atoms with E-state index in [2.05, 4.69) is 142 Å². The Labute approximate surface area is 260 Å². The van der Waals surface area contributed by atoms with Crippen molar-refractivity contribution in [2.45, 2.75) is 39.0 Å². The summed E-state index contributed by atoms with van der Waals surface area (Å²) < 4.78 is 5.60. The summed E-state index contributed by atoms with van der Waals surface area (Å²) in [6.45, 7) is 6.84. The lowest BCUT2D eigenvalue weighted by atomic mass is 9.67. The Hall–Kier alpha value is -4.88. The second-order valence-corrected chi connectivity index (χ2v) is 12.1. The molecular weight excluding hydrogens is 532 g/mol. The van der Waals surface area contributed by atoms with Gasteiger partial charge in [-0.3, -0.25) is 0 Å². The molecule has 0 fully saturated rings.